The molecule has 82 valence electrons. The number of halogens is 1. The zero-order valence-corrected chi connectivity index (χ0v) is 8.89. The van der Waals surface area contributed by atoms with Crippen LogP contribution < -0.4 is 0 Å². The van der Waals surface area contributed by atoms with Gasteiger partial charge in [0.25, 0.3) is 0 Å². The zero-order chi connectivity index (χ0) is 11.6. The maximum absolute atomic E-state index is 12.8. The molecule has 1 atom stereocenters. The summed E-state index contributed by atoms with van der Waals surface area (Å²) >= 11 is 0. The van der Waals surface area contributed by atoms with E-state index in [1.165, 1.54) is 12.1 Å². The summed E-state index contributed by atoms with van der Waals surface area (Å²) in [5.74, 6) is -0.311. The van der Waals surface area contributed by atoms with Crippen molar-refractivity contribution in [2.75, 3.05) is 0 Å². The van der Waals surface area contributed by atoms with Gasteiger partial charge in [0.1, 0.15) is 11.4 Å². The minimum absolute atomic E-state index is 0.311. The smallest absolute Gasteiger partial charge is 0.123 e. The lowest BCUT2D eigenvalue weighted by Gasteiger charge is -2.24. The number of pyridine rings is 1. The van der Waals surface area contributed by atoms with Crippen LogP contribution in [0.1, 0.15) is 18.1 Å². The van der Waals surface area contributed by atoms with E-state index >= 15 is 0 Å². The molecule has 0 aliphatic carbocycles. The molecule has 0 saturated carbocycles. The quantitative estimate of drug-likeness (QED) is 0.838. The molecular formula is C13H12FNO. The van der Waals surface area contributed by atoms with E-state index in [4.69, 9.17) is 0 Å². The second-order valence-corrected chi connectivity index (χ2v) is 3.81. The lowest BCUT2D eigenvalue weighted by molar-refractivity contribution is 0.102. The first-order chi connectivity index (χ1) is 7.60. The molecule has 16 heavy (non-hydrogen) atoms. The Labute approximate surface area is 93.4 Å². The molecule has 3 heteroatoms. The van der Waals surface area contributed by atoms with Gasteiger partial charge in [0.05, 0.1) is 0 Å². The fourth-order valence-corrected chi connectivity index (χ4v) is 1.62. The van der Waals surface area contributed by atoms with E-state index in [9.17, 15) is 9.50 Å². The third-order valence-corrected chi connectivity index (χ3v) is 2.65. The van der Waals surface area contributed by atoms with Crippen molar-refractivity contribution < 1.29 is 9.50 Å². The molecule has 1 heterocycles. The van der Waals surface area contributed by atoms with Crippen LogP contribution in [0.4, 0.5) is 4.39 Å². The van der Waals surface area contributed by atoms with Crippen LogP contribution in [-0.2, 0) is 5.60 Å². The van der Waals surface area contributed by atoms with Crippen LogP contribution in [0.2, 0.25) is 0 Å². The molecule has 1 N–H and O–H groups in total. The highest BCUT2D eigenvalue weighted by Gasteiger charge is 2.25. The number of rotatable bonds is 2. The fraction of sp³-hybridized carbons (Fsp3) is 0.154. The van der Waals surface area contributed by atoms with Gasteiger partial charge >= 0.3 is 0 Å². The lowest BCUT2D eigenvalue weighted by atomic mass is 9.89. The van der Waals surface area contributed by atoms with Gasteiger partial charge in [-0.15, -0.1) is 0 Å². The Balaban J connectivity index is 2.43. The van der Waals surface area contributed by atoms with Crippen LogP contribution in [0.25, 0.3) is 0 Å². The second kappa shape index (κ2) is 4.02. The summed E-state index contributed by atoms with van der Waals surface area (Å²) in [5.41, 5.74) is 0.255. The number of aromatic nitrogens is 1. The molecule has 1 unspecified atom stereocenters. The Morgan fingerprint density at radius 2 is 1.50 bits per heavy atom. The van der Waals surface area contributed by atoms with Gasteiger partial charge in [0.15, 0.2) is 0 Å². The van der Waals surface area contributed by atoms with Gasteiger partial charge in [0.2, 0.25) is 0 Å². The molecule has 2 nitrogen and oxygen atoms in total. The van der Waals surface area contributed by atoms with E-state index in [0.29, 0.717) is 5.56 Å². The predicted octanol–water partition coefficient (Wildman–Crippen LogP) is 2.48. The van der Waals surface area contributed by atoms with E-state index in [-0.39, 0.29) is 5.82 Å². The average Bonchev–Trinajstić information content (AvgIpc) is 2.31. The third kappa shape index (κ3) is 1.95. The normalized spacial score (nSPS) is 14.4. The number of aliphatic hydroxyl groups is 1. The van der Waals surface area contributed by atoms with E-state index in [1.54, 1.807) is 43.6 Å². The molecular weight excluding hydrogens is 205 g/mol. The summed E-state index contributed by atoms with van der Waals surface area (Å²) in [7, 11) is 0. The van der Waals surface area contributed by atoms with Crippen LogP contribution in [0.15, 0.2) is 48.8 Å². The highest BCUT2D eigenvalue weighted by atomic mass is 19.1. The Bertz CT molecular complexity index is 465. The first-order valence-corrected chi connectivity index (χ1v) is 4.99. The highest BCUT2D eigenvalue weighted by Crippen LogP contribution is 2.28. The van der Waals surface area contributed by atoms with Crippen molar-refractivity contribution >= 4 is 0 Å². The summed E-state index contributed by atoms with van der Waals surface area (Å²) < 4.78 is 12.8. The van der Waals surface area contributed by atoms with Crippen molar-refractivity contribution in [3.63, 3.8) is 0 Å². The largest absolute Gasteiger partial charge is 0.381 e. The highest BCUT2D eigenvalue weighted by molar-refractivity contribution is 5.33. The van der Waals surface area contributed by atoms with Gasteiger partial charge in [-0.05, 0) is 42.3 Å². The summed E-state index contributed by atoms with van der Waals surface area (Å²) in [4.78, 5) is 3.90. The monoisotopic (exact) mass is 217 g/mol. The standard InChI is InChI=1S/C13H12FNO/c1-13(16,11-6-8-15-9-7-11)10-2-4-12(14)5-3-10/h2-9,16H,1H3. The first kappa shape index (κ1) is 10.8. The van der Waals surface area contributed by atoms with Gasteiger partial charge in [0, 0.05) is 12.4 Å². The number of hydrogen-bond acceptors (Lipinski definition) is 2. The molecule has 0 spiro atoms. The summed E-state index contributed by atoms with van der Waals surface area (Å²) in [6.07, 6.45) is 3.24. The zero-order valence-electron chi connectivity index (χ0n) is 8.89. The van der Waals surface area contributed by atoms with Crippen molar-refractivity contribution in [2.45, 2.75) is 12.5 Å². The van der Waals surface area contributed by atoms with Crippen LogP contribution in [0, 0.1) is 5.82 Å². The van der Waals surface area contributed by atoms with Crippen LogP contribution >= 0.6 is 0 Å². The second-order valence-electron chi connectivity index (χ2n) is 3.81. The molecule has 0 bridgehead atoms. The predicted molar refractivity (Wildman–Crippen MR) is 59.3 cm³/mol. The number of hydrogen-bond donors (Lipinski definition) is 1. The molecule has 0 radical (unpaired) electrons. The SMILES string of the molecule is CC(O)(c1ccncc1)c1ccc(F)cc1. The van der Waals surface area contributed by atoms with Crippen molar-refractivity contribution in [1.82, 2.24) is 4.98 Å². The number of nitrogens with zero attached hydrogens (tertiary/aromatic N) is 1. The Hall–Kier alpha value is -1.74. The summed E-state index contributed by atoms with van der Waals surface area (Å²) in [6.45, 7) is 1.68. The first-order valence-electron chi connectivity index (χ1n) is 4.99. The van der Waals surface area contributed by atoms with E-state index < -0.39 is 5.60 Å². The topological polar surface area (TPSA) is 33.1 Å². The van der Waals surface area contributed by atoms with Crippen LogP contribution in [-0.4, -0.2) is 10.1 Å². The van der Waals surface area contributed by atoms with Crippen LogP contribution in [0.5, 0.6) is 0 Å². The van der Waals surface area contributed by atoms with Crippen molar-refractivity contribution in [3.8, 4) is 0 Å². The van der Waals surface area contributed by atoms with Crippen LogP contribution in [0.3, 0.4) is 0 Å². The van der Waals surface area contributed by atoms with Gasteiger partial charge in [-0.25, -0.2) is 4.39 Å². The van der Waals surface area contributed by atoms with E-state index in [1.807, 2.05) is 0 Å². The fourth-order valence-electron chi connectivity index (χ4n) is 1.62. The van der Waals surface area contributed by atoms with Gasteiger partial charge in [-0.2, -0.15) is 0 Å². The molecule has 2 aromatic rings. The van der Waals surface area contributed by atoms with Gasteiger partial charge in [-0.1, -0.05) is 12.1 Å². The maximum Gasteiger partial charge on any atom is 0.123 e. The van der Waals surface area contributed by atoms with Crippen molar-refractivity contribution in [2.24, 2.45) is 0 Å². The van der Waals surface area contributed by atoms with Crippen molar-refractivity contribution in [3.05, 3.63) is 65.7 Å². The molecule has 0 amide bonds. The summed E-state index contributed by atoms with van der Waals surface area (Å²) in [5, 5.41) is 10.4. The van der Waals surface area contributed by atoms with E-state index in [2.05, 4.69) is 4.98 Å². The Kier molecular flexibility index (Phi) is 2.71. The average molecular weight is 217 g/mol. The molecule has 0 fully saturated rings. The Morgan fingerprint density at radius 1 is 1.00 bits per heavy atom. The minimum atomic E-state index is -1.13. The molecule has 0 aliphatic heterocycles. The molecule has 0 saturated heterocycles. The minimum Gasteiger partial charge on any atom is -0.381 e. The van der Waals surface area contributed by atoms with E-state index in [0.717, 1.165) is 5.56 Å². The number of benzene rings is 1. The molecule has 1 aromatic carbocycles. The maximum atomic E-state index is 12.8. The van der Waals surface area contributed by atoms with Crippen molar-refractivity contribution in [1.29, 1.82) is 0 Å². The van der Waals surface area contributed by atoms with Gasteiger partial charge < -0.3 is 5.11 Å². The lowest BCUT2D eigenvalue weighted by Crippen LogP contribution is -2.22. The third-order valence-electron chi connectivity index (χ3n) is 2.65. The Morgan fingerprint density at radius 3 is 2.06 bits per heavy atom. The van der Waals surface area contributed by atoms with Gasteiger partial charge in [-0.3, -0.25) is 4.98 Å². The summed E-state index contributed by atoms with van der Waals surface area (Å²) in [6, 6.07) is 9.31. The molecule has 2 rings (SSSR count). The molecule has 0 aliphatic rings. The molecule has 1 aromatic heterocycles.